The van der Waals surface area contributed by atoms with Crippen LogP contribution in [-0.4, -0.2) is 66.2 Å². The van der Waals surface area contributed by atoms with E-state index < -0.39 is 17.4 Å². The molecule has 0 aliphatic carbocycles. The van der Waals surface area contributed by atoms with Crippen molar-refractivity contribution in [3.8, 4) is 22.3 Å². The molecule has 4 amide bonds. The third-order valence-electron chi connectivity index (χ3n) is 10.3. The molecule has 0 unspecified atom stereocenters. The Bertz CT molecular complexity index is 2650. The highest BCUT2D eigenvalue weighted by molar-refractivity contribution is 6.08. The lowest BCUT2D eigenvalue weighted by atomic mass is 9.92. The fourth-order valence-corrected chi connectivity index (χ4v) is 7.31. The van der Waals surface area contributed by atoms with E-state index in [-0.39, 0.29) is 28.9 Å². The molecule has 0 saturated carbocycles. The molecule has 0 bridgehead atoms. The first-order valence-electron chi connectivity index (χ1n) is 18.4. The molecule has 0 atom stereocenters. The third-order valence-corrected chi connectivity index (χ3v) is 10.3. The van der Waals surface area contributed by atoms with Crippen molar-refractivity contribution in [3.05, 3.63) is 111 Å². The quantitative estimate of drug-likeness (QED) is 0.0731. The zero-order valence-electron chi connectivity index (χ0n) is 31.9. The van der Waals surface area contributed by atoms with Crippen LogP contribution in [0.25, 0.3) is 44.1 Å². The second-order valence-electron chi connectivity index (χ2n) is 14.8. The van der Waals surface area contributed by atoms with E-state index in [9.17, 15) is 24.3 Å². The molecule has 0 spiro atoms. The van der Waals surface area contributed by atoms with Crippen molar-refractivity contribution in [2.45, 2.75) is 59.2 Å². The number of rotatable bonds is 8. The number of fused-ring (bicyclic) bond motifs is 4. The van der Waals surface area contributed by atoms with Gasteiger partial charge in [-0.05, 0) is 97.3 Å². The Hall–Kier alpha value is -6.84. The Morgan fingerprint density at radius 3 is 2.30 bits per heavy atom. The van der Waals surface area contributed by atoms with Crippen LogP contribution in [0.5, 0.6) is 0 Å². The minimum Gasteiger partial charge on any atom is -0.396 e. The fraction of sp³-hybridized carbons (Fsp3) is 0.238. The number of benzene rings is 4. The van der Waals surface area contributed by atoms with Gasteiger partial charge in [0.15, 0.2) is 11.4 Å². The van der Waals surface area contributed by atoms with Crippen molar-refractivity contribution >= 4 is 51.1 Å². The standard InChI is InChI=1S/C23H25N5O3.C19H17N5O2/c1-13-4-5-15-11-18(21(29)25-24)26-27-20(15)19(13)14-6-7-17-16(10-14)12-28(22(17)30)9-8-23(2,3)31;1-2-9-3-6-13-15(20)17(18(21)25)24-23-16(13)14(9)10-4-5-12-11(7-10)8-22-19(12)26/h4-7,10-11,31H,8-9,12,24H2,1-3H3,(H,25,29);3-7H,2,8H2,1H3,(H2,20,23)(H2,21,25)(H,22,26). The van der Waals surface area contributed by atoms with Gasteiger partial charge in [0.25, 0.3) is 23.6 Å². The maximum Gasteiger partial charge on any atom is 0.285 e. The maximum absolute atomic E-state index is 12.7. The lowest BCUT2D eigenvalue weighted by molar-refractivity contribution is 0.0516. The van der Waals surface area contributed by atoms with Crippen LogP contribution in [0.15, 0.2) is 66.7 Å². The summed E-state index contributed by atoms with van der Waals surface area (Å²) in [6.45, 7) is 9.04. The average Bonchev–Trinajstić information content (AvgIpc) is 3.73. The number of hydrazine groups is 1. The van der Waals surface area contributed by atoms with Crippen molar-refractivity contribution in [2.75, 3.05) is 12.3 Å². The van der Waals surface area contributed by atoms with Gasteiger partial charge < -0.3 is 26.8 Å². The van der Waals surface area contributed by atoms with E-state index in [0.717, 1.165) is 56.3 Å². The summed E-state index contributed by atoms with van der Waals surface area (Å²) >= 11 is 0. The molecule has 6 aromatic rings. The highest BCUT2D eigenvalue weighted by Crippen LogP contribution is 2.37. The van der Waals surface area contributed by atoms with Gasteiger partial charge in [-0.25, -0.2) is 5.84 Å². The Morgan fingerprint density at radius 2 is 1.60 bits per heavy atom. The molecule has 0 saturated heterocycles. The summed E-state index contributed by atoms with van der Waals surface area (Å²) < 4.78 is 0. The SMILES string of the molecule is CCc1ccc2c(N)c(C(N)=O)nnc2c1-c1ccc2c(c1)CNC2=O.Cc1ccc2cc(C(=O)NN)nnc2c1-c1ccc2c(c1)CN(CCC(C)(C)O)C2=O. The first kappa shape index (κ1) is 38.4. The predicted octanol–water partition coefficient (Wildman–Crippen LogP) is 4.11. The molecule has 15 heteroatoms. The van der Waals surface area contributed by atoms with Crippen LogP contribution in [0.2, 0.25) is 0 Å². The molecular formula is C42H42N10O5. The average molecular weight is 767 g/mol. The number of hydrogen-bond acceptors (Lipinski definition) is 11. The van der Waals surface area contributed by atoms with E-state index in [1.807, 2.05) is 67.6 Å². The van der Waals surface area contributed by atoms with Gasteiger partial charge in [-0.3, -0.25) is 24.6 Å². The molecule has 0 fully saturated rings. The van der Waals surface area contributed by atoms with E-state index in [4.69, 9.17) is 17.3 Å². The number of nitrogens with two attached hydrogens (primary N) is 3. The smallest absolute Gasteiger partial charge is 0.285 e. The second-order valence-corrected chi connectivity index (χ2v) is 14.8. The van der Waals surface area contributed by atoms with E-state index in [1.54, 1.807) is 24.8 Å². The Labute approximate surface area is 327 Å². The largest absolute Gasteiger partial charge is 0.396 e. The van der Waals surface area contributed by atoms with Crippen LogP contribution in [-0.2, 0) is 19.5 Å². The van der Waals surface area contributed by atoms with Crippen molar-refractivity contribution in [1.29, 1.82) is 0 Å². The molecule has 57 heavy (non-hydrogen) atoms. The van der Waals surface area contributed by atoms with E-state index >= 15 is 0 Å². The maximum atomic E-state index is 12.7. The number of anilines is 1. The van der Waals surface area contributed by atoms with Crippen LogP contribution in [0.3, 0.4) is 0 Å². The highest BCUT2D eigenvalue weighted by atomic mass is 16.3. The summed E-state index contributed by atoms with van der Waals surface area (Å²) in [5, 5.41) is 30.7. The summed E-state index contributed by atoms with van der Waals surface area (Å²) in [6.07, 6.45) is 1.30. The molecule has 2 aromatic heterocycles. The molecule has 2 aliphatic rings. The Morgan fingerprint density at radius 1 is 0.895 bits per heavy atom. The van der Waals surface area contributed by atoms with Crippen LogP contribution in [0.1, 0.15) is 91.1 Å². The van der Waals surface area contributed by atoms with Crippen LogP contribution < -0.4 is 28.1 Å². The number of aliphatic hydroxyl groups is 1. The summed E-state index contributed by atoms with van der Waals surface area (Å²) in [4.78, 5) is 49.6. The van der Waals surface area contributed by atoms with Gasteiger partial charge in [0, 0.05) is 52.7 Å². The van der Waals surface area contributed by atoms with Gasteiger partial charge >= 0.3 is 0 Å². The predicted molar refractivity (Wildman–Crippen MR) is 215 cm³/mol. The minimum atomic E-state index is -0.821. The molecule has 4 heterocycles. The van der Waals surface area contributed by atoms with Gasteiger partial charge in [-0.1, -0.05) is 43.3 Å². The zero-order chi connectivity index (χ0) is 40.8. The third kappa shape index (κ3) is 7.33. The molecule has 8 rings (SSSR count). The number of hydrogen-bond donors (Lipinski definition) is 6. The normalized spacial score (nSPS) is 13.3. The Balaban J connectivity index is 0.000000177. The summed E-state index contributed by atoms with van der Waals surface area (Å²) in [7, 11) is 0. The van der Waals surface area contributed by atoms with Gasteiger partial charge in [0.2, 0.25) is 0 Å². The summed E-state index contributed by atoms with van der Waals surface area (Å²) in [5.74, 6) is 3.91. The van der Waals surface area contributed by atoms with Crippen LogP contribution in [0, 0.1) is 6.92 Å². The molecule has 4 aromatic carbocycles. The second kappa shape index (κ2) is 15.0. The minimum absolute atomic E-state index is 0.0160. The van der Waals surface area contributed by atoms with Crippen LogP contribution in [0.4, 0.5) is 5.69 Å². The first-order chi connectivity index (χ1) is 27.2. The monoisotopic (exact) mass is 766 g/mol. The highest BCUT2D eigenvalue weighted by Gasteiger charge is 2.29. The van der Waals surface area contributed by atoms with E-state index in [0.29, 0.717) is 53.6 Å². The zero-order valence-corrected chi connectivity index (χ0v) is 31.9. The van der Waals surface area contributed by atoms with Crippen molar-refractivity contribution in [2.24, 2.45) is 11.6 Å². The molecule has 2 aliphatic heterocycles. The molecule has 9 N–H and O–H groups in total. The van der Waals surface area contributed by atoms with Crippen molar-refractivity contribution in [1.82, 2.24) is 36.0 Å². The van der Waals surface area contributed by atoms with Gasteiger partial charge in [0.05, 0.1) is 11.3 Å². The summed E-state index contributed by atoms with van der Waals surface area (Å²) in [6, 6.07) is 20.8. The van der Waals surface area contributed by atoms with E-state index in [2.05, 4.69) is 38.1 Å². The van der Waals surface area contributed by atoms with Crippen molar-refractivity contribution < 1.29 is 24.3 Å². The Kier molecular flexibility index (Phi) is 10.1. The van der Waals surface area contributed by atoms with Gasteiger partial charge in [0.1, 0.15) is 11.0 Å². The topological polar surface area (TPSA) is 245 Å². The number of nitrogens with zero attached hydrogens (tertiary/aromatic N) is 5. The summed E-state index contributed by atoms with van der Waals surface area (Å²) in [5.41, 5.74) is 23.4. The molecule has 15 nitrogen and oxygen atoms in total. The van der Waals surface area contributed by atoms with Crippen molar-refractivity contribution in [3.63, 3.8) is 0 Å². The van der Waals surface area contributed by atoms with Crippen LogP contribution >= 0.6 is 0 Å². The molecular weight excluding hydrogens is 725 g/mol. The first-order valence-corrected chi connectivity index (χ1v) is 18.4. The number of carbonyl (C=O) groups is 4. The number of primary amides is 1. The fourth-order valence-electron chi connectivity index (χ4n) is 7.31. The van der Waals surface area contributed by atoms with E-state index in [1.165, 1.54) is 0 Å². The van der Waals surface area contributed by atoms with Gasteiger partial charge in [-0.15, -0.1) is 20.4 Å². The lowest BCUT2D eigenvalue weighted by Gasteiger charge is -2.22. The number of aromatic nitrogens is 4. The number of nitrogens with one attached hydrogen (secondary N) is 2. The number of carbonyl (C=O) groups excluding carboxylic acids is 4. The van der Waals surface area contributed by atoms with Gasteiger partial charge in [-0.2, -0.15) is 0 Å². The number of nitrogen functional groups attached to an aromatic ring is 2. The molecule has 290 valence electrons. The lowest BCUT2D eigenvalue weighted by Crippen LogP contribution is -2.31. The number of amides is 4. The number of aryl methyl sites for hydroxylation is 2. The molecule has 0 radical (unpaired) electrons.